The van der Waals surface area contributed by atoms with Crippen LogP contribution in [0.15, 0.2) is 0 Å². The van der Waals surface area contributed by atoms with Gasteiger partial charge < -0.3 is 0 Å². The van der Waals surface area contributed by atoms with Crippen molar-refractivity contribution in [2.75, 3.05) is 0 Å². The van der Waals surface area contributed by atoms with E-state index in [2.05, 4.69) is 3.26 Å². The quantitative estimate of drug-likeness (QED) is 0.610. The second-order valence-electron chi connectivity index (χ2n) is 1.64. The molecule has 0 aromatic carbocycles. The Hall–Kier alpha value is 0.353. The molecular formula is C4H8NOZr. The van der Waals surface area contributed by atoms with E-state index in [-0.39, 0.29) is 11.8 Å². The molecule has 0 fully saturated rings. The summed E-state index contributed by atoms with van der Waals surface area (Å²) < 4.78 is 2.62. The summed E-state index contributed by atoms with van der Waals surface area (Å²) >= 11 is 1.08. The van der Waals surface area contributed by atoms with Crippen LogP contribution < -0.4 is 3.26 Å². The van der Waals surface area contributed by atoms with E-state index in [1.807, 2.05) is 13.8 Å². The van der Waals surface area contributed by atoms with Gasteiger partial charge in [0.25, 0.3) is 0 Å². The van der Waals surface area contributed by atoms with Gasteiger partial charge in [-0.15, -0.1) is 0 Å². The molecule has 0 spiro atoms. The van der Waals surface area contributed by atoms with E-state index in [0.717, 1.165) is 25.0 Å². The van der Waals surface area contributed by atoms with Gasteiger partial charge in [0.2, 0.25) is 0 Å². The second-order valence-corrected chi connectivity index (χ2v) is 2.26. The Bertz CT molecular complexity index is 72.1. The Balaban J connectivity index is 3.35. The Morgan fingerprint density at radius 2 is 2.14 bits per heavy atom. The number of carbonyl (C=O) groups is 1. The molecule has 0 aliphatic heterocycles. The van der Waals surface area contributed by atoms with Crippen LogP contribution in [0.3, 0.4) is 0 Å². The van der Waals surface area contributed by atoms with Crippen molar-refractivity contribution in [2.24, 2.45) is 5.92 Å². The summed E-state index contributed by atoms with van der Waals surface area (Å²) in [5.74, 6) is 0.275. The zero-order chi connectivity index (χ0) is 5.86. The fourth-order valence-electron chi connectivity index (χ4n) is 0.144. The van der Waals surface area contributed by atoms with Gasteiger partial charge in [-0.1, -0.05) is 0 Å². The average Bonchev–Trinajstić information content (AvgIpc) is 1.65. The molecule has 0 aliphatic carbocycles. The summed E-state index contributed by atoms with van der Waals surface area (Å²) in [4.78, 5) is 10.4. The molecule has 0 radical (unpaired) electrons. The molecule has 0 saturated carbocycles. The summed E-state index contributed by atoms with van der Waals surface area (Å²) in [6.45, 7) is 3.75. The Kier molecular flexibility index (Phi) is 3.54. The predicted octanol–water partition coefficient (Wildman–Crippen LogP) is 0.220. The molecule has 3 heteroatoms. The van der Waals surface area contributed by atoms with E-state index in [0.29, 0.717) is 0 Å². The van der Waals surface area contributed by atoms with Crippen LogP contribution in [-0.2, 0) is 29.8 Å². The van der Waals surface area contributed by atoms with Crippen molar-refractivity contribution in [1.29, 1.82) is 0 Å². The first-order chi connectivity index (χ1) is 3.18. The zero-order valence-corrected chi connectivity index (χ0v) is 6.94. The van der Waals surface area contributed by atoms with Gasteiger partial charge in [-0.05, 0) is 0 Å². The zero-order valence-electron chi connectivity index (χ0n) is 4.49. The van der Waals surface area contributed by atoms with Gasteiger partial charge >= 0.3 is 58.7 Å². The fourth-order valence-corrected chi connectivity index (χ4v) is 0.854. The first-order valence-electron chi connectivity index (χ1n) is 2.15. The first-order valence-corrected chi connectivity index (χ1v) is 3.38. The van der Waals surface area contributed by atoms with Crippen LogP contribution in [0, 0.1) is 5.92 Å². The third-order valence-electron chi connectivity index (χ3n) is 0.648. The molecule has 0 aromatic heterocycles. The van der Waals surface area contributed by atoms with Crippen LogP contribution in [0.25, 0.3) is 0 Å². The van der Waals surface area contributed by atoms with Crippen LogP contribution in [0.4, 0.5) is 0 Å². The molecule has 0 unspecified atom stereocenters. The standard InChI is InChI=1S/C4H9NO.Zr/c1-3(2)4(5)6;/h3H,1-2H3,(H2,5,6);/q;+1/p-1. The molecule has 39 valence electrons. The molecule has 7 heavy (non-hydrogen) atoms. The molecule has 0 bridgehead atoms. The predicted molar refractivity (Wildman–Crippen MR) is 23.0 cm³/mol. The van der Waals surface area contributed by atoms with Gasteiger partial charge in [-0.2, -0.15) is 0 Å². The molecule has 0 aliphatic rings. The van der Waals surface area contributed by atoms with Crippen LogP contribution in [0.1, 0.15) is 13.8 Å². The Morgan fingerprint density at radius 1 is 1.71 bits per heavy atom. The summed E-state index contributed by atoms with van der Waals surface area (Å²) in [5, 5.41) is 0. The van der Waals surface area contributed by atoms with Gasteiger partial charge in [0.05, 0.1) is 0 Å². The van der Waals surface area contributed by atoms with Crippen molar-refractivity contribution in [3.63, 3.8) is 0 Å². The van der Waals surface area contributed by atoms with Gasteiger partial charge in [0.1, 0.15) is 0 Å². The number of amides is 1. The van der Waals surface area contributed by atoms with Crippen LogP contribution in [-0.4, -0.2) is 5.91 Å². The molecular weight excluding hydrogens is 169 g/mol. The molecule has 0 rings (SSSR count). The number of rotatable bonds is 1. The van der Waals surface area contributed by atoms with E-state index < -0.39 is 0 Å². The fraction of sp³-hybridized carbons (Fsp3) is 0.750. The summed E-state index contributed by atoms with van der Waals surface area (Å²) in [5.41, 5.74) is 0. The van der Waals surface area contributed by atoms with Gasteiger partial charge in [-0.25, -0.2) is 0 Å². The molecule has 1 amide bonds. The van der Waals surface area contributed by atoms with Crippen molar-refractivity contribution in [3.05, 3.63) is 0 Å². The van der Waals surface area contributed by atoms with Crippen molar-refractivity contribution < 1.29 is 29.8 Å². The summed E-state index contributed by atoms with van der Waals surface area (Å²) in [7, 11) is 0. The monoisotopic (exact) mass is 176 g/mol. The molecule has 0 heterocycles. The normalized spacial score (nSPS) is 8.86. The van der Waals surface area contributed by atoms with Gasteiger partial charge in [0.15, 0.2) is 0 Å². The molecule has 0 saturated heterocycles. The van der Waals surface area contributed by atoms with Crippen LogP contribution in [0.5, 0.6) is 0 Å². The number of hydrogen-bond acceptors (Lipinski definition) is 1. The summed E-state index contributed by atoms with van der Waals surface area (Å²) in [6, 6.07) is 0. The SMILES string of the molecule is CC(C)C(=O)[NH][Zr]. The maximum atomic E-state index is 10.4. The second kappa shape index (κ2) is 3.37. The Labute approximate surface area is 58.9 Å². The van der Waals surface area contributed by atoms with E-state index in [4.69, 9.17) is 0 Å². The number of hydrogen-bond donors (Lipinski definition) is 1. The number of nitrogens with one attached hydrogen (secondary N) is 1. The van der Waals surface area contributed by atoms with Crippen molar-refractivity contribution in [1.82, 2.24) is 3.26 Å². The van der Waals surface area contributed by atoms with Crippen LogP contribution in [0.2, 0.25) is 0 Å². The third kappa shape index (κ3) is 2.98. The first kappa shape index (κ1) is 7.35. The minimum absolute atomic E-state index is 0.137. The summed E-state index contributed by atoms with van der Waals surface area (Å²) in [6.07, 6.45) is 0. The topological polar surface area (TPSA) is 29.1 Å². The number of carbonyl (C=O) groups excluding carboxylic acids is 1. The molecule has 0 atom stereocenters. The van der Waals surface area contributed by atoms with Gasteiger partial charge in [0, 0.05) is 0 Å². The third-order valence-corrected chi connectivity index (χ3v) is 1.25. The van der Waals surface area contributed by atoms with Crippen LogP contribution >= 0.6 is 0 Å². The molecule has 2 nitrogen and oxygen atoms in total. The van der Waals surface area contributed by atoms with E-state index in [1.165, 1.54) is 0 Å². The van der Waals surface area contributed by atoms with Crippen molar-refractivity contribution in [2.45, 2.75) is 13.8 Å². The van der Waals surface area contributed by atoms with E-state index in [9.17, 15) is 4.79 Å². The maximum absolute atomic E-state index is 10.4. The van der Waals surface area contributed by atoms with Gasteiger partial charge in [-0.3, -0.25) is 0 Å². The average molecular weight is 177 g/mol. The molecule has 1 N–H and O–H groups in total. The molecule has 0 aromatic rings. The van der Waals surface area contributed by atoms with E-state index >= 15 is 0 Å². The Morgan fingerprint density at radius 3 is 2.14 bits per heavy atom. The van der Waals surface area contributed by atoms with Crippen molar-refractivity contribution >= 4 is 5.91 Å². The van der Waals surface area contributed by atoms with Crippen molar-refractivity contribution in [3.8, 4) is 0 Å². The van der Waals surface area contributed by atoms with E-state index in [1.54, 1.807) is 0 Å². The minimum atomic E-state index is 0.137.